The molecule has 3 heterocycles. The van der Waals surface area contributed by atoms with Gasteiger partial charge in [-0.05, 0) is 43.3 Å². The Labute approximate surface area is 210 Å². The maximum Gasteiger partial charge on any atom is 0.296 e. The predicted molar refractivity (Wildman–Crippen MR) is 133 cm³/mol. The number of hydrogen-bond acceptors (Lipinski definition) is 9. The number of fused-ring (bicyclic) bond motifs is 1. The van der Waals surface area contributed by atoms with Crippen LogP contribution in [0, 0.1) is 0 Å². The average Bonchev–Trinajstić information content (AvgIpc) is 3.62. The number of ketones is 1. The van der Waals surface area contributed by atoms with Gasteiger partial charge in [0.15, 0.2) is 28.1 Å². The molecule has 2 aromatic carbocycles. The number of Topliss-reactive ketones (excluding diaryl/α,β-unsaturated/α-hetero) is 1. The van der Waals surface area contributed by atoms with Crippen LogP contribution >= 0.6 is 11.3 Å². The molecule has 1 N–H and O–H groups in total. The molecule has 0 bridgehead atoms. The molecule has 0 fully saturated rings. The molecule has 0 aliphatic carbocycles. The van der Waals surface area contributed by atoms with Gasteiger partial charge in [-0.1, -0.05) is 23.5 Å². The number of carbonyl (C=O) groups is 2. The number of hydrogen-bond donors (Lipinski definition) is 1. The van der Waals surface area contributed by atoms with E-state index in [1.807, 2.05) is 13.0 Å². The zero-order valence-electron chi connectivity index (χ0n) is 19.7. The fourth-order valence-corrected chi connectivity index (χ4v) is 5.27. The molecular weight excluding hydrogens is 484 g/mol. The minimum atomic E-state index is -1.05. The lowest BCUT2D eigenvalue weighted by Crippen LogP contribution is -2.31. The van der Waals surface area contributed by atoms with Crippen LogP contribution in [0.15, 0.2) is 70.5 Å². The molecule has 0 saturated heterocycles. The van der Waals surface area contributed by atoms with Crippen molar-refractivity contribution in [1.82, 2.24) is 4.98 Å². The van der Waals surface area contributed by atoms with Gasteiger partial charge in [0.25, 0.3) is 5.91 Å². The highest BCUT2D eigenvalue weighted by molar-refractivity contribution is 7.22. The van der Waals surface area contributed by atoms with Crippen molar-refractivity contribution in [2.45, 2.75) is 13.0 Å². The number of aliphatic hydroxyl groups is 1. The van der Waals surface area contributed by atoms with E-state index in [0.29, 0.717) is 40.1 Å². The first-order chi connectivity index (χ1) is 17.5. The minimum Gasteiger partial charge on any atom is -0.503 e. The molecule has 0 spiro atoms. The third-order valence-electron chi connectivity index (χ3n) is 5.79. The van der Waals surface area contributed by atoms with Gasteiger partial charge in [-0.25, -0.2) is 4.98 Å². The Morgan fingerprint density at radius 1 is 1.17 bits per heavy atom. The van der Waals surface area contributed by atoms with E-state index in [-0.39, 0.29) is 11.3 Å². The van der Waals surface area contributed by atoms with Crippen molar-refractivity contribution in [2.24, 2.45) is 0 Å². The number of aromatic nitrogens is 1. The molecule has 5 rings (SSSR count). The first kappa shape index (κ1) is 23.4. The van der Waals surface area contributed by atoms with Crippen LogP contribution in [0.2, 0.25) is 0 Å². The van der Waals surface area contributed by atoms with Crippen molar-refractivity contribution in [3.05, 3.63) is 77.5 Å². The normalized spacial score (nSPS) is 15.6. The van der Waals surface area contributed by atoms with Crippen LogP contribution < -0.4 is 19.1 Å². The molecule has 2 aromatic heterocycles. The zero-order chi connectivity index (χ0) is 25.4. The first-order valence-electron chi connectivity index (χ1n) is 11.1. The van der Waals surface area contributed by atoms with Gasteiger partial charge in [0.05, 0.1) is 42.9 Å². The lowest BCUT2D eigenvalue weighted by molar-refractivity contribution is -0.117. The van der Waals surface area contributed by atoms with Crippen molar-refractivity contribution in [1.29, 1.82) is 0 Å². The number of anilines is 1. The molecule has 0 saturated carbocycles. The summed E-state index contributed by atoms with van der Waals surface area (Å²) in [4.78, 5) is 32.9. The molecule has 10 heteroatoms. The maximum atomic E-state index is 13.5. The van der Waals surface area contributed by atoms with E-state index in [1.54, 1.807) is 36.4 Å². The largest absolute Gasteiger partial charge is 0.503 e. The highest BCUT2D eigenvalue weighted by Gasteiger charge is 2.47. The Balaban J connectivity index is 1.70. The Bertz CT molecular complexity index is 1490. The van der Waals surface area contributed by atoms with Gasteiger partial charge in [-0.15, -0.1) is 0 Å². The third kappa shape index (κ3) is 3.75. The number of nitrogens with zero attached hydrogens (tertiary/aromatic N) is 2. The number of carbonyl (C=O) groups excluding carboxylic acids is 2. The van der Waals surface area contributed by atoms with E-state index >= 15 is 0 Å². The summed E-state index contributed by atoms with van der Waals surface area (Å²) in [5.41, 5.74) is 0.946. The van der Waals surface area contributed by atoms with Crippen molar-refractivity contribution >= 4 is 38.4 Å². The molecule has 9 nitrogen and oxygen atoms in total. The SMILES string of the molecule is CCOc1ccc2nc(N3C(=O)C(O)=C(C(=O)c4ccco4)[C@H]3c3cccc(OC)c3OC)sc2c1. The molecule has 184 valence electrons. The molecule has 4 aromatic rings. The molecular formula is C26H22N2O7S. The van der Waals surface area contributed by atoms with Crippen molar-refractivity contribution < 1.29 is 33.3 Å². The third-order valence-corrected chi connectivity index (χ3v) is 6.81. The van der Waals surface area contributed by atoms with Gasteiger partial charge in [0, 0.05) is 5.56 Å². The van der Waals surface area contributed by atoms with Gasteiger partial charge in [0.2, 0.25) is 5.78 Å². The van der Waals surface area contributed by atoms with E-state index in [4.69, 9.17) is 18.6 Å². The monoisotopic (exact) mass is 506 g/mol. The number of thiazole rings is 1. The Morgan fingerprint density at radius 3 is 2.69 bits per heavy atom. The van der Waals surface area contributed by atoms with E-state index < -0.39 is 23.5 Å². The van der Waals surface area contributed by atoms with E-state index in [0.717, 1.165) is 4.70 Å². The summed E-state index contributed by atoms with van der Waals surface area (Å²) in [5, 5.41) is 11.3. The summed E-state index contributed by atoms with van der Waals surface area (Å²) in [6.07, 6.45) is 1.35. The van der Waals surface area contributed by atoms with E-state index in [1.165, 1.54) is 42.8 Å². The minimum absolute atomic E-state index is 0.0104. The lowest BCUT2D eigenvalue weighted by atomic mass is 9.94. The van der Waals surface area contributed by atoms with Gasteiger partial charge in [-0.2, -0.15) is 0 Å². The quantitative estimate of drug-likeness (QED) is 0.329. The van der Waals surface area contributed by atoms with E-state index in [2.05, 4.69) is 4.98 Å². The molecule has 36 heavy (non-hydrogen) atoms. The van der Waals surface area contributed by atoms with E-state index in [9.17, 15) is 14.7 Å². The maximum absolute atomic E-state index is 13.5. The summed E-state index contributed by atoms with van der Waals surface area (Å²) in [6, 6.07) is 12.5. The summed E-state index contributed by atoms with van der Waals surface area (Å²) >= 11 is 1.24. The van der Waals surface area contributed by atoms with Crippen molar-refractivity contribution in [2.75, 3.05) is 25.7 Å². The number of benzene rings is 2. The molecule has 1 aliphatic rings. The van der Waals surface area contributed by atoms with Gasteiger partial charge in [0.1, 0.15) is 11.8 Å². The van der Waals surface area contributed by atoms with Crippen LogP contribution in [-0.4, -0.2) is 42.6 Å². The smallest absolute Gasteiger partial charge is 0.296 e. The zero-order valence-corrected chi connectivity index (χ0v) is 20.5. The number of ether oxygens (including phenoxy) is 3. The number of methoxy groups -OCH3 is 2. The summed E-state index contributed by atoms with van der Waals surface area (Å²) in [5.74, 6) is -0.670. The summed E-state index contributed by atoms with van der Waals surface area (Å²) in [7, 11) is 2.96. The lowest BCUT2D eigenvalue weighted by Gasteiger charge is -2.26. The number of rotatable bonds is 8. The first-order valence-corrected chi connectivity index (χ1v) is 11.9. The number of amides is 1. The van der Waals surface area contributed by atoms with Crippen LogP contribution in [0.3, 0.4) is 0 Å². The predicted octanol–water partition coefficient (Wildman–Crippen LogP) is 5.09. The Hall–Kier alpha value is -4.31. The molecule has 0 radical (unpaired) electrons. The molecule has 1 atom stereocenters. The fraction of sp³-hybridized carbons (Fsp3) is 0.192. The standard InChI is InChI=1S/C26H22N2O7S/c1-4-34-14-10-11-16-19(13-14)36-26(27-16)28-21(15-7-5-8-18(32-2)24(15)33-3)20(23(30)25(28)31)22(29)17-9-6-12-35-17/h5-13,21,30H,4H2,1-3H3/t21-/m1/s1. The fourth-order valence-electron chi connectivity index (χ4n) is 4.25. The number of aliphatic hydroxyl groups excluding tert-OH is 1. The topological polar surface area (TPSA) is 111 Å². The highest BCUT2D eigenvalue weighted by atomic mass is 32.1. The average molecular weight is 507 g/mol. The molecule has 0 unspecified atom stereocenters. The van der Waals surface area contributed by atoms with Gasteiger partial charge < -0.3 is 23.7 Å². The Kier molecular flexibility index (Phi) is 6.11. The van der Waals surface area contributed by atoms with Crippen molar-refractivity contribution in [3.8, 4) is 17.2 Å². The van der Waals surface area contributed by atoms with Crippen LogP contribution in [0.4, 0.5) is 5.13 Å². The van der Waals surface area contributed by atoms with Gasteiger partial charge in [-0.3, -0.25) is 14.5 Å². The van der Waals surface area contributed by atoms with Gasteiger partial charge >= 0.3 is 0 Å². The summed E-state index contributed by atoms with van der Waals surface area (Å²) < 4.78 is 22.7. The number of para-hydroxylation sites is 1. The second-order valence-electron chi connectivity index (χ2n) is 7.79. The second-order valence-corrected chi connectivity index (χ2v) is 8.80. The second kappa shape index (κ2) is 9.38. The molecule has 1 amide bonds. The Morgan fingerprint density at radius 2 is 2.00 bits per heavy atom. The summed E-state index contributed by atoms with van der Waals surface area (Å²) in [6.45, 7) is 2.40. The highest BCUT2D eigenvalue weighted by Crippen LogP contribution is 2.48. The number of furan rings is 1. The van der Waals surface area contributed by atoms with Crippen LogP contribution in [0.5, 0.6) is 17.2 Å². The van der Waals surface area contributed by atoms with Crippen LogP contribution in [0.1, 0.15) is 29.1 Å². The molecule has 1 aliphatic heterocycles. The van der Waals surface area contributed by atoms with Crippen LogP contribution in [0.25, 0.3) is 10.2 Å². The van der Waals surface area contributed by atoms with Crippen LogP contribution in [-0.2, 0) is 4.79 Å². The van der Waals surface area contributed by atoms with Crippen molar-refractivity contribution in [3.63, 3.8) is 0 Å².